The number of carbonyl (C=O) groups is 1. The predicted molar refractivity (Wildman–Crippen MR) is 72.7 cm³/mol. The Hall–Kier alpha value is -1.55. The molecule has 0 saturated heterocycles. The normalized spacial score (nSPS) is 10.2. The first-order valence-corrected chi connectivity index (χ1v) is 6.30. The van der Waals surface area contributed by atoms with Crippen LogP contribution in [0.1, 0.15) is 24.0 Å². The van der Waals surface area contributed by atoms with Crippen LogP contribution in [0.25, 0.3) is 0 Å². The van der Waals surface area contributed by atoms with Crippen LogP contribution in [0.5, 0.6) is 5.75 Å². The van der Waals surface area contributed by atoms with E-state index in [1.165, 1.54) is 11.1 Å². The Kier molecular flexibility index (Phi) is 6.22. The number of ether oxygens (including phenoxy) is 1. The van der Waals surface area contributed by atoms with Crippen molar-refractivity contribution in [2.45, 2.75) is 26.7 Å². The predicted octanol–water partition coefficient (Wildman–Crippen LogP) is 1.54. The van der Waals surface area contributed by atoms with Gasteiger partial charge in [0.15, 0.2) is 0 Å². The van der Waals surface area contributed by atoms with Gasteiger partial charge >= 0.3 is 0 Å². The maximum Gasteiger partial charge on any atom is 0.223 e. The van der Waals surface area contributed by atoms with Crippen LogP contribution in [0.15, 0.2) is 18.2 Å². The average Bonchev–Trinajstić information content (AvgIpc) is 2.34. The molecule has 0 atom stereocenters. The van der Waals surface area contributed by atoms with Crippen LogP contribution in [-0.2, 0) is 4.79 Å². The number of hydrogen-bond donors (Lipinski definition) is 2. The summed E-state index contributed by atoms with van der Waals surface area (Å²) in [7, 11) is 0. The largest absolute Gasteiger partial charge is 0.493 e. The lowest BCUT2D eigenvalue weighted by Gasteiger charge is -2.08. The number of carbonyl (C=O) groups excluding carboxylic acids is 1. The van der Waals surface area contributed by atoms with Gasteiger partial charge in [-0.25, -0.2) is 0 Å². The highest BCUT2D eigenvalue weighted by Crippen LogP contribution is 2.16. The topological polar surface area (TPSA) is 64.3 Å². The molecule has 1 aromatic rings. The summed E-state index contributed by atoms with van der Waals surface area (Å²) in [5.74, 6) is 0.820. The van der Waals surface area contributed by atoms with Crippen molar-refractivity contribution in [2.75, 3.05) is 19.7 Å². The Labute approximate surface area is 109 Å². The third-order valence-electron chi connectivity index (χ3n) is 2.78. The molecule has 1 amide bonds. The third-order valence-corrected chi connectivity index (χ3v) is 2.78. The summed E-state index contributed by atoms with van der Waals surface area (Å²) in [6.07, 6.45) is 1.18. The van der Waals surface area contributed by atoms with E-state index in [0.717, 1.165) is 12.2 Å². The Morgan fingerprint density at radius 3 is 2.78 bits per heavy atom. The van der Waals surface area contributed by atoms with Gasteiger partial charge in [-0.05, 0) is 50.1 Å². The van der Waals surface area contributed by atoms with E-state index in [2.05, 4.69) is 12.2 Å². The van der Waals surface area contributed by atoms with Crippen molar-refractivity contribution in [1.29, 1.82) is 0 Å². The van der Waals surface area contributed by atoms with Crippen molar-refractivity contribution < 1.29 is 9.53 Å². The Bertz CT molecular complexity index is 391. The third kappa shape index (κ3) is 5.19. The van der Waals surface area contributed by atoms with Gasteiger partial charge in [0.1, 0.15) is 5.75 Å². The first-order chi connectivity index (χ1) is 8.63. The van der Waals surface area contributed by atoms with E-state index >= 15 is 0 Å². The smallest absolute Gasteiger partial charge is 0.223 e. The summed E-state index contributed by atoms with van der Waals surface area (Å²) < 4.78 is 5.53. The lowest BCUT2D eigenvalue weighted by atomic mass is 10.1. The highest BCUT2D eigenvalue weighted by atomic mass is 16.5. The van der Waals surface area contributed by atoms with Crippen LogP contribution >= 0.6 is 0 Å². The molecule has 0 spiro atoms. The maximum absolute atomic E-state index is 11.4. The van der Waals surface area contributed by atoms with Crippen LogP contribution in [0.2, 0.25) is 0 Å². The van der Waals surface area contributed by atoms with E-state index in [4.69, 9.17) is 10.5 Å². The van der Waals surface area contributed by atoms with Gasteiger partial charge in [-0.1, -0.05) is 6.07 Å². The van der Waals surface area contributed by atoms with Crippen LogP contribution in [0.3, 0.4) is 0 Å². The van der Waals surface area contributed by atoms with Gasteiger partial charge in [0, 0.05) is 6.54 Å². The number of benzene rings is 1. The molecule has 4 heteroatoms. The van der Waals surface area contributed by atoms with Gasteiger partial charge in [-0.2, -0.15) is 0 Å². The summed E-state index contributed by atoms with van der Waals surface area (Å²) in [5, 5.41) is 2.79. The zero-order valence-electron chi connectivity index (χ0n) is 11.2. The van der Waals surface area contributed by atoms with Gasteiger partial charge in [-0.3, -0.25) is 4.79 Å². The number of rotatable bonds is 7. The lowest BCUT2D eigenvalue weighted by Crippen LogP contribution is -2.27. The molecular weight excluding hydrogens is 228 g/mol. The molecule has 0 aromatic heterocycles. The summed E-state index contributed by atoms with van der Waals surface area (Å²) in [5.41, 5.74) is 7.77. The highest BCUT2D eigenvalue weighted by molar-refractivity contribution is 5.75. The number of aryl methyl sites for hydroxylation is 2. The van der Waals surface area contributed by atoms with E-state index in [9.17, 15) is 4.79 Å². The van der Waals surface area contributed by atoms with Gasteiger partial charge in [0.2, 0.25) is 5.91 Å². The second-order valence-corrected chi connectivity index (χ2v) is 4.34. The number of nitrogens with one attached hydrogen (secondary N) is 1. The fraction of sp³-hybridized carbons (Fsp3) is 0.500. The molecule has 1 rings (SSSR count). The van der Waals surface area contributed by atoms with E-state index in [1.54, 1.807) is 0 Å². The summed E-state index contributed by atoms with van der Waals surface area (Å²) >= 11 is 0. The Morgan fingerprint density at radius 2 is 2.11 bits per heavy atom. The molecule has 18 heavy (non-hydrogen) atoms. The molecule has 0 bridgehead atoms. The van der Waals surface area contributed by atoms with Gasteiger partial charge in [0.25, 0.3) is 0 Å². The molecule has 0 aliphatic rings. The maximum atomic E-state index is 11.4. The van der Waals surface area contributed by atoms with Crippen molar-refractivity contribution in [3.8, 4) is 5.75 Å². The molecule has 0 fully saturated rings. The number of hydrogen-bond acceptors (Lipinski definition) is 3. The van der Waals surface area contributed by atoms with E-state index in [-0.39, 0.29) is 5.91 Å². The minimum Gasteiger partial charge on any atom is -0.493 e. The zero-order chi connectivity index (χ0) is 13.4. The second kappa shape index (κ2) is 7.71. The SMILES string of the molecule is Cc1ccc(OCCC(=O)NCCCN)cc1C. The molecule has 0 radical (unpaired) electrons. The molecule has 4 nitrogen and oxygen atoms in total. The van der Waals surface area contributed by atoms with E-state index in [1.807, 2.05) is 25.1 Å². The number of amides is 1. The molecular formula is C14H22N2O2. The molecule has 1 aromatic carbocycles. The molecule has 0 aliphatic carbocycles. The van der Waals surface area contributed by atoms with Crippen LogP contribution < -0.4 is 15.8 Å². The highest BCUT2D eigenvalue weighted by Gasteiger charge is 2.02. The van der Waals surface area contributed by atoms with Gasteiger partial charge < -0.3 is 15.8 Å². The van der Waals surface area contributed by atoms with E-state index < -0.39 is 0 Å². The van der Waals surface area contributed by atoms with Crippen molar-refractivity contribution in [3.63, 3.8) is 0 Å². The molecule has 0 aliphatic heterocycles. The van der Waals surface area contributed by atoms with Crippen LogP contribution in [0.4, 0.5) is 0 Å². The Morgan fingerprint density at radius 1 is 1.33 bits per heavy atom. The Balaban J connectivity index is 2.24. The summed E-state index contributed by atoms with van der Waals surface area (Å²) in [6.45, 7) is 5.74. The monoisotopic (exact) mass is 250 g/mol. The molecule has 0 heterocycles. The van der Waals surface area contributed by atoms with Crippen molar-refractivity contribution >= 4 is 5.91 Å². The quantitative estimate of drug-likeness (QED) is 0.721. The van der Waals surface area contributed by atoms with Crippen LogP contribution in [-0.4, -0.2) is 25.6 Å². The minimum absolute atomic E-state index is 0.00674. The lowest BCUT2D eigenvalue weighted by molar-refractivity contribution is -0.121. The van der Waals surface area contributed by atoms with Gasteiger partial charge in [0.05, 0.1) is 13.0 Å². The minimum atomic E-state index is 0.00674. The molecule has 100 valence electrons. The average molecular weight is 250 g/mol. The second-order valence-electron chi connectivity index (χ2n) is 4.34. The number of nitrogens with two attached hydrogens (primary N) is 1. The fourth-order valence-electron chi connectivity index (χ4n) is 1.48. The first-order valence-electron chi connectivity index (χ1n) is 6.30. The van der Waals surface area contributed by atoms with Crippen molar-refractivity contribution in [3.05, 3.63) is 29.3 Å². The fourth-order valence-corrected chi connectivity index (χ4v) is 1.48. The molecule has 3 N–H and O–H groups in total. The summed E-state index contributed by atoms with van der Waals surface area (Å²) in [6, 6.07) is 5.93. The van der Waals surface area contributed by atoms with Gasteiger partial charge in [-0.15, -0.1) is 0 Å². The summed E-state index contributed by atoms with van der Waals surface area (Å²) in [4.78, 5) is 11.4. The zero-order valence-corrected chi connectivity index (χ0v) is 11.2. The van der Waals surface area contributed by atoms with Crippen molar-refractivity contribution in [2.24, 2.45) is 5.73 Å². The standard InChI is InChI=1S/C14H22N2O2/c1-11-4-5-13(10-12(11)2)18-9-6-14(17)16-8-3-7-15/h4-5,10H,3,6-9,15H2,1-2H3,(H,16,17). The molecule has 0 unspecified atom stereocenters. The first kappa shape index (κ1) is 14.5. The molecule has 0 saturated carbocycles. The van der Waals surface area contributed by atoms with E-state index in [0.29, 0.717) is 26.1 Å². The van der Waals surface area contributed by atoms with Crippen LogP contribution in [0, 0.1) is 13.8 Å². The van der Waals surface area contributed by atoms with Crippen molar-refractivity contribution in [1.82, 2.24) is 5.32 Å².